The Bertz CT molecular complexity index is 837. The average molecular weight is 359 g/mol. The molecule has 2 aromatic rings. The molecular formula is C17H13NO4S2. The highest BCUT2D eigenvalue weighted by atomic mass is 32.2. The van der Waals surface area contributed by atoms with Gasteiger partial charge in [0.05, 0.1) is 17.1 Å². The van der Waals surface area contributed by atoms with Crippen molar-refractivity contribution in [1.82, 2.24) is 5.32 Å². The van der Waals surface area contributed by atoms with E-state index in [0.29, 0.717) is 32.9 Å². The number of amides is 1. The minimum absolute atomic E-state index is 0.221. The normalized spacial score (nSPS) is 15.6. The monoisotopic (exact) mass is 359 g/mol. The number of carbonyl (C=O) groups excluding carboxylic acids is 2. The molecule has 0 radical (unpaired) electrons. The summed E-state index contributed by atoms with van der Waals surface area (Å²) in [6, 6.07) is 10.5. The number of thiocarbonyl (C=S) groups is 1. The number of carbonyl (C=O) groups is 2. The number of ether oxygens (including phenoxy) is 1. The fraction of sp³-hybridized carbons (Fsp3) is 0.118. The van der Waals surface area contributed by atoms with E-state index >= 15 is 0 Å². The van der Waals surface area contributed by atoms with Gasteiger partial charge in [-0.05, 0) is 31.2 Å². The molecule has 0 spiro atoms. The van der Waals surface area contributed by atoms with Gasteiger partial charge in [0.2, 0.25) is 0 Å². The van der Waals surface area contributed by atoms with Crippen molar-refractivity contribution in [3.8, 4) is 11.3 Å². The van der Waals surface area contributed by atoms with E-state index in [9.17, 15) is 9.59 Å². The van der Waals surface area contributed by atoms with Gasteiger partial charge < -0.3 is 14.5 Å². The van der Waals surface area contributed by atoms with Crippen LogP contribution in [0.15, 0.2) is 45.7 Å². The molecule has 1 aromatic carbocycles. The van der Waals surface area contributed by atoms with Crippen molar-refractivity contribution in [2.45, 2.75) is 6.92 Å². The summed E-state index contributed by atoms with van der Waals surface area (Å²) in [5, 5.41) is 2.55. The summed E-state index contributed by atoms with van der Waals surface area (Å²) >= 11 is 6.15. The number of nitrogens with one attached hydrogen (secondary N) is 1. The zero-order valence-corrected chi connectivity index (χ0v) is 14.3. The highest BCUT2D eigenvalue weighted by Gasteiger charge is 2.22. The summed E-state index contributed by atoms with van der Waals surface area (Å²) in [6.45, 7) is 2.10. The van der Waals surface area contributed by atoms with E-state index < -0.39 is 0 Å². The van der Waals surface area contributed by atoms with Crippen LogP contribution in [0.4, 0.5) is 0 Å². The average Bonchev–Trinajstić information content (AvgIpc) is 3.15. The van der Waals surface area contributed by atoms with Crippen LogP contribution >= 0.6 is 24.0 Å². The highest BCUT2D eigenvalue weighted by molar-refractivity contribution is 8.26. The zero-order valence-electron chi connectivity index (χ0n) is 12.7. The first-order valence-corrected chi connectivity index (χ1v) is 8.41. The Balaban J connectivity index is 1.78. The van der Waals surface area contributed by atoms with Gasteiger partial charge in [0.1, 0.15) is 15.8 Å². The van der Waals surface area contributed by atoms with Crippen LogP contribution in [0.25, 0.3) is 17.4 Å². The van der Waals surface area contributed by atoms with Gasteiger partial charge in [-0.25, -0.2) is 4.79 Å². The Hall–Kier alpha value is -2.38. The van der Waals surface area contributed by atoms with Crippen molar-refractivity contribution in [2.75, 3.05) is 6.61 Å². The molecule has 0 aliphatic carbocycles. The van der Waals surface area contributed by atoms with E-state index in [-0.39, 0.29) is 11.9 Å². The largest absolute Gasteiger partial charge is 0.462 e. The quantitative estimate of drug-likeness (QED) is 0.511. The summed E-state index contributed by atoms with van der Waals surface area (Å²) in [4.78, 5) is 23.8. The molecule has 2 heterocycles. The van der Waals surface area contributed by atoms with Crippen molar-refractivity contribution in [3.05, 3.63) is 52.6 Å². The Morgan fingerprint density at radius 1 is 1.29 bits per heavy atom. The summed E-state index contributed by atoms with van der Waals surface area (Å²) in [5.74, 6) is 0.626. The molecule has 0 bridgehead atoms. The van der Waals surface area contributed by atoms with Crippen LogP contribution in [-0.2, 0) is 9.53 Å². The second kappa shape index (κ2) is 7.02. The smallest absolute Gasteiger partial charge is 0.338 e. The molecule has 24 heavy (non-hydrogen) atoms. The molecule has 3 rings (SSSR count). The Morgan fingerprint density at radius 3 is 2.67 bits per heavy atom. The summed E-state index contributed by atoms with van der Waals surface area (Å²) in [7, 11) is 0. The molecule has 1 fully saturated rings. The maximum atomic E-state index is 11.6. The lowest BCUT2D eigenvalue weighted by Crippen LogP contribution is -2.17. The number of rotatable bonds is 4. The van der Waals surface area contributed by atoms with Crippen molar-refractivity contribution < 1.29 is 18.7 Å². The van der Waals surface area contributed by atoms with Crippen LogP contribution in [0.5, 0.6) is 0 Å². The Morgan fingerprint density at radius 2 is 2.04 bits per heavy atom. The molecule has 1 aliphatic rings. The molecule has 1 saturated heterocycles. The number of hydrogen-bond acceptors (Lipinski definition) is 6. The molecule has 122 valence electrons. The molecule has 1 amide bonds. The third-order valence-electron chi connectivity index (χ3n) is 3.22. The minimum atomic E-state index is -0.353. The van der Waals surface area contributed by atoms with E-state index in [2.05, 4.69) is 5.32 Å². The third kappa shape index (κ3) is 3.58. The van der Waals surface area contributed by atoms with Gasteiger partial charge in [-0.2, -0.15) is 0 Å². The molecule has 1 aromatic heterocycles. The van der Waals surface area contributed by atoms with Gasteiger partial charge in [-0.3, -0.25) is 4.79 Å². The van der Waals surface area contributed by atoms with Crippen LogP contribution in [0.3, 0.4) is 0 Å². The fourth-order valence-electron chi connectivity index (χ4n) is 2.12. The van der Waals surface area contributed by atoms with Crippen molar-refractivity contribution in [1.29, 1.82) is 0 Å². The molecule has 0 saturated carbocycles. The first-order valence-electron chi connectivity index (χ1n) is 7.19. The standard InChI is InChI=1S/C17H13NO4S2/c1-2-21-16(20)11-5-3-10(4-6-11)13-8-7-12(22-13)9-14-15(19)18-17(23)24-14/h3-9H,2H2,1H3,(H,18,19,23)/b14-9-. The number of hydrogen-bond donors (Lipinski definition) is 1. The van der Waals surface area contributed by atoms with Crippen LogP contribution in [-0.4, -0.2) is 22.8 Å². The van der Waals surface area contributed by atoms with Crippen LogP contribution < -0.4 is 5.32 Å². The second-order valence-corrected chi connectivity index (χ2v) is 6.57. The SMILES string of the molecule is CCOC(=O)c1ccc(-c2ccc(/C=C3\SC(=S)NC3=O)o2)cc1. The molecule has 0 unspecified atom stereocenters. The molecule has 5 nitrogen and oxygen atoms in total. The minimum Gasteiger partial charge on any atom is -0.462 e. The van der Waals surface area contributed by atoms with E-state index in [1.165, 1.54) is 11.8 Å². The third-order valence-corrected chi connectivity index (χ3v) is 4.39. The lowest BCUT2D eigenvalue weighted by molar-refractivity contribution is -0.115. The first-order chi connectivity index (χ1) is 11.6. The number of thioether (sulfide) groups is 1. The number of esters is 1. The number of benzene rings is 1. The summed E-state index contributed by atoms with van der Waals surface area (Å²) in [6.07, 6.45) is 1.65. The van der Waals surface area contributed by atoms with E-state index in [1.54, 1.807) is 43.3 Å². The van der Waals surface area contributed by atoms with E-state index in [1.807, 2.05) is 6.07 Å². The van der Waals surface area contributed by atoms with Gasteiger partial charge in [0.15, 0.2) is 0 Å². The van der Waals surface area contributed by atoms with Gasteiger partial charge in [0, 0.05) is 11.6 Å². The maximum Gasteiger partial charge on any atom is 0.338 e. The molecule has 1 N–H and O–H groups in total. The lowest BCUT2D eigenvalue weighted by atomic mass is 10.1. The zero-order chi connectivity index (χ0) is 17.1. The highest BCUT2D eigenvalue weighted by Crippen LogP contribution is 2.28. The summed E-state index contributed by atoms with van der Waals surface area (Å²) in [5.41, 5.74) is 1.31. The Labute approximate surface area is 148 Å². The maximum absolute atomic E-state index is 11.6. The van der Waals surface area contributed by atoms with Gasteiger partial charge >= 0.3 is 5.97 Å². The van der Waals surface area contributed by atoms with Gasteiger partial charge in [0.25, 0.3) is 5.91 Å². The summed E-state index contributed by atoms with van der Waals surface area (Å²) < 4.78 is 11.1. The van der Waals surface area contributed by atoms with E-state index in [0.717, 1.165) is 5.56 Å². The lowest BCUT2D eigenvalue weighted by Gasteiger charge is -2.02. The molecule has 0 atom stereocenters. The molecule has 1 aliphatic heterocycles. The molecular weight excluding hydrogens is 346 g/mol. The fourth-order valence-corrected chi connectivity index (χ4v) is 3.15. The Kier molecular flexibility index (Phi) is 4.82. The van der Waals surface area contributed by atoms with Crippen LogP contribution in [0.1, 0.15) is 23.0 Å². The topological polar surface area (TPSA) is 68.5 Å². The number of furan rings is 1. The molecule has 7 heteroatoms. The first kappa shape index (κ1) is 16.5. The predicted molar refractivity (Wildman–Crippen MR) is 96.4 cm³/mol. The van der Waals surface area contributed by atoms with E-state index in [4.69, 9.17) is 21.4 Å². The van der Waals surface area contributed by atoms with Crippen molar-refractivity contribution >= 4 is 46.3 Å². The van der Waals surface area contributed by atoms with Crippen molar-refractivity contribution in [2.24, 2.45) is 0 Å². The van der Waals surface area contributed by atoms with Crippen LogP contribution in [0, 0.1) is 0 Å². The van der Waals surface area contributed by atoms with Crippen molar-refractivity contribution in [3.63, 3.8) is 0 Å². The van der Waals surface area contributed by atoms with Crippen LogP contribution in [0.2, 0.25) is 0 Å². The second-order valence-electron chi connectivity index (χ2n) is 4.85. The predicted octanol–water partition coefficient (Wildman–Crippen LogP) is 3.61. The van der Waals surface area contributed by atoms with Gasteiger partial charge in [-0.15, -0.1) is 0 Å². The van der Waals surface area contributed by atoms with Gasteiger partial charge in [-0.1, -0.05) is 36.1 Å².